The average molecular weight is 224 g/mol. The molecule has 0 bridgehead atoms. The van der Waals surface area contributed by atoms with Crippen LogP contribution >= 0.6 is 0 Å². The number of nitrogens with zero attached hydrogens (tertiary/aromatic N) is 1. The molecular formula is C14H28N2. The molecule has 0 aromatic heterocycles. The Morgan fingerprint density at radius 1 is 1.38 bits per heavy atom. The number of hydrogen-bond donors (Lipinski definition) is 1. The second-order valence-corrected chi connectivity index (χ2v) is 6.32. The van der Waals surface area contributed by atoms with E-state index in [9.17, 15) is 0 Å². The van der Waals surface area contributed by atoms with Crippen molar-refractivity contribution in [1.29, 1.82) is 0 Å². The predicted octanol–water partition coefficient (Wildman–Crippen LogP) is 2.77. The summed E-state index contributed by atoms with van der Waals surface area (Å²) in [4.78, 5) is 2.75. The molecule has 2 nitrogen and oxygen atoms in total. The van der Waals surface area contributed by atoms with Crippen molar-refractivity contribution >= 4 is 0 Å². The molecule has 2 rings (SSSR count). The van der Waals surface area contributed by atoms with Crippen LogP contribution in [0.25, 0.3) is 0 Å². The molecular weight excluding hydrogens is 196 g/mol. The largest absolute Gasteiger partial charge is 0.329 e. The normalized spacial score (nSPS) is 26.8. The van der Waals surface area contributed by atoms with Crippen LogP contribution in [0.15, 0.2) is 0 Å². The SMILES string of the molecule is CCCCN(C1CC1)C(C)(CN)C1(C)CC1. The van der Waals surface area contributed by atoms with E-state index in [0.717, 1.165) is 12.6 Å². The molecule has 2 aliphatic carbocycles. The molecule has 1 unspecified atom stereocenters. The van der Waals surface area contributed by atoms with Crippen molar-refractivity contribution in [2.75, 3.05) is 13.1 Å². The summed E-state index contributed by atoms with van der Waals surface area (Å²) in [6.07, 6.45) is 8.15. The lowest BCUT2D eigenvalue weighted by Gasteiger charge is -2.46. The molecule has 2 aliphatic rings. The summed E-state index contributed by atoms with van der Waals surface area (Å²) in [7, 11) is 0. The lowest BCUT2D eigenvalue weighted by atomic mass is 9.81. The Hall–Kier alpha value is -0.0800. The van der Waals surface area contributed by atoms with Gasteiger partial charge in [-0.2, -0.15) is 0 Å². The molecule has 0 saturated heterocycles. The molecule has 16 heavy (non-hydrogen) atoms. The van der Waals surface area contributed by atoms with Crippen molar-refractivity contribution in [1.82, 2.24) is 4.90 Å². The second kappa shape index (κ2) is 4.30. The van der Waals surface area contributed by atoms with Gasteiger partial charge in [-0.05, 0) is 51.0 Å². The van der Waals surface area contributed by atoms with Gasteiger partial charge in [-0.3, -0.25) is 4.90 Å². The fraction of sp³-hybridized carbons (Fsp3) is 1.00. The van der Waals surface area contributed by atoms with E-state index in [-0.39, 0.29) is 5.54 Å². The first-order chi connectivity index (χ1) is 7.57. The highest BCUT2D eigenvalue weighted by atomic mass is 15.3. The van der Waals surface area contributed by atoms with E-state index in [2.05, 4.69) is 25.7 Å². The standard InChI is InChI=1S/C14H28N2/c1-4-5-10-16(12-6-7-12)14(3,11-15)13(2)8-9-13/h12H,4-11,15H2,1-3H3. The molecule has 0 aliphatic heterocycles. The number of rotatable bonds is 7. The summed E-state index contributed by atoms with van der Waals surface area (Å²) >= 11 is 0. The van der Waals surface area contributed by atoms with Crippen LogP contribution < -0.4 is 5.73 Å². The first kappa shape index (κ1) is 12.4. The Kier molecular flexibility index (Phi) is 3.33. The summed E-state index contributed by atoms with van der Waals surface area (Å²) in [6.45, 7) is 9.20. The van der Waals surface area contributed by atoms with Gasteiger partial charge in [-0.15, -0.1) is 0 Å². The van der Waals surface area contributed by atoms with Crippen LogP contribution in [0.3, 0.4) is 0 Å². The summed E-state index contributed by atoms with van der Waals surface area (Å²) in [5.41, 5.74) is 6.88. The Bertz CT molecular complexity index is 243. The minimum atomic E-state index is 0.253. The molecule has 2 fully saturated rings. The Labute approximate surface area is 101 Å². The van der Waals surface area contributed by atoms with Crippen molar-refractivity contribution in [3.05, 3.63) is 0 Å². The van der Waals surface area contributed by atoms with Crippen molar-refractivity contribution in [3.8, 4) is 0 Å². The zero-order valence-corrected chi connectivity index (χ0v) is 11.3. The van der Waals surface area contributed by atoms with Gasteiger partial charge in [0.05, 0.1) is 0 Å². The molecule has 0 aromatic carbocycles. The quantitative estimate of drug-likeness (QED) is 0.720. The van der Waals surface area contributed by atoms with Crippen molar-refractivity contribution in [2.24, 2.45) is 11.1 Å². The monoisotopic (exact) mass is 224 g/mol. The Balaban J connectivity index is 2.09. The third-order valence-electron chi connectivity index (χ3n) is 5.07. The maximum atomic E-state index is 6.13. The molecule has 0 aromatic rings. The van der Waals surface area contributed by atoms with Crippen molar-refractivity contribution in [2.45, 2.75) is 70.9 Å². The van der Waals surface area contributed by atoms with Gasteiger partial charge in [0.15, 0.2) is 0 Å². The number of hydrogen-bond acceptors (Lipinski definition) is 2. The lowest BCUT2D eigenvalue weighted by Crippen LogP contribution is -2.58. The third kappa shape index (κ3) is 2.02. The molecule has 94 valence electrons. The molecule has 1 atom stereocenters. The van der Waals surface area contributed by atoms with Crippen molar-refractivity contribution < 1.29 is 0 Å². The van der Waals surface area contributed by atoms with Crippen LogP contribution in [0.4, 0.5) is 0 Å². The molecule has 2 heteroatoms. The van der Waals surface area contributed by atoms with E-state index in [1.54, 1.807) is 0 Å². The zero-order valence-electron chi connectivity index (χ0n) is 11.3. The van der Waals surface area contributed by atoms with Crippen molar-refractivity contribution in [3.63, 3.8) is 0 Å². The maximum Gasteiger partial charge on any atom is 0.0359 e. The lowest BCUT2D eigenvalue weighted by molar-refractivity contribution is 0.0384. The fourth-order valence-electron chi connectivity index (χ4n) is 2.98. The van der Waals surface area contributed by atoms with Gasteiger partial charge in [0.2, 0.25) is 0 Å². The average Bonchev–Trinajstić information content (AvgIpc) is 3.14. The maximum absolute atomic E-state index is 6.13. The van der Waals surface area contributed by atoms with Crippen LogP contribution in [0, 0.1) is 5.41 Å². The summed E-state index contributed by atoms with van der Waals surface area (Å²) in [5.74, 6) is 0. The van der Waals surface area contributed by atoms with Crippen LogP contribution in [0.5, 0.6) is 0 Å². The topological polar surface area (TPSA) is 29.3 Å². The molecule has 0 heterocycles. The Morgan fingerprint density at radius 2 is 2.00 bits per heavy atom. The predicted molar refractivity (Wildman–Crippen MR) is 69.4 cm³/mol. The molecule has 0 radical (unpaired) electrons. The van der Waals surface area contributed by atoms with Gasteiger partial charge in [0.1, 0.15) is 0 Å². The number of unbranched alkanes of at least 4 members (excludes halogenated alkanes) is 1. The zero-order chi connectivity index (χ0) is 11.8. The van der Waals surface area contributed by atoms with Crippen LogP contribution in [0.1, 0.15) is 59.3 Å². The van der Waals surface area contributed by atoms with Crippen LogP contribution in [-0.4, -0.2) is 29.6 Å². The van der Waals surface area contributed by atoms with E-state index in [4.69, 9.17) is 5.73 Å². The highest BCUT2D eigenvalue weighted by molar-refractivity contribution is 5.12. The van der Waals surface area contributed by atoms with E-state index in [1.807, 2.05) is 0 Å². The number of nitrogens with two attached hydrogens (primary N) is 1. The third-order valence-corrected chi connectivity index (χ3v) is 5.07. The Morgan fingerprint density at radius 3 is 2.38 bits per heavy atom. The van der Waals surface area contributed by atoms with Crippen LogP contribution in [0.2, 0.25) is 0 Å². The van der Waals surface area contributed by atoms with E-state index in [1.165, 1.54) is 45.1 Å². The van der Waals surface area contributed by atoms with Gasteiger partial charge >= 0.3 is 0 Å². The van der Waals surface area contributed by atoms with Gasteiger partial charge in [-0.25, -0.2) is 0 Å². The first-order valence-electron chi connectivity index (χ1n) is 7.04. The summed E-state index contributed by atoms with van der Waals surface area (Å²) < 4.78 is 0. The highest BCUT2D eigenvalue weighted by Crippen LogP contribution is 2.57. The molecule has 0 spiro atoms. The van der Waals surface area contributed by atoms with Gasteiger partial charge in [-0.1, -0.05) is 20.3 Å². The molecule has 2 N–H and O–H groups in total. The highest BCUT2D eigenvalue weighted by Gasteiger charge is 2.57. The first-order valence-corrected chi connectivity index (χ1v) is 7.04. The molecule has 2 saturated carbocycles. The fourth-order valence-corrected chi connectivity index (χ4v) is 2.98. The minimum Gasteiger partial charge on any atom is -0.329 e. The van der Waals surface area contributed by atoms with Gasteiger partial charge in [0.25, 0.3) is 0 Å². The van der Waals surface area contributed by atoms with E-state index in [0.29, 0.717) is 5.41 Å². The van der Waals surface area contributed by atoms with Gasteiger partial charge < -0.3 is 5.73 Å². The minimum absolute atomic E-state index is 0.253. The van der Waals surface area contributed by atoms with E-state index < -0.39 is 0 Å². The van der Waals surface area contributed by atoms with Gasteiger partial charge in [0, 0.05) is 18.1 Å². The summed E-state index contributed by atoms with van der Waals surface area (Å²) in [5, 5.41) is 0. The molecule has 0 amide bonds. The second-order valence-electron chi connectivity index (χ2n) is 6.32. The summed E-state index contributed by atoms with van der Waals surface area (Å²) in [6, 6.07) is 0.845. The van der Waals surface area contributed by atoms with E-state index >= 15 is 0 Å². The van der Waals surface area contributed by atoms with Crippen LogP contribution in [-0.2, 0) is 0 Å². The smallest absolute Gasteiger partial charge is 0.0359 e.